The molecule has 0 N–H and O–H groups in total. The number of rotatable bonds is 2. The first kappa shape index (κ1) is 15.9. The molecule has 2 fully saturated rings. The molecule has 21 heavy (non-hydrogen) atoms. The summed E-state index contributed by atoms with van der Waals surface area (Å²) < 4.78 is 33.6. The minimum Gasteiger partial charge on any atom is -0.374 e. The van der Waals surface area contributed by atoms with Crippen LogP contribution in [0.25, 0.3) is 0 Å². The fourth-order valence-electron chi connectivity index (χ4n) is 3.03. The number of halogens is 2. The molecular formula is C14H17Br2NO3S. The quantitative estimate of drug-likeness (QED) is 0.666. The molecule has 2 saturated heterocycles. The topological polar surface area (TPSA) is 46.6 Å². The molecule has 1 aromatic rings. The largest absolute Gasteiger partial charge is 0.374 e. The highest BCUT2D eigenvalue weighted by Crippen LogP contribution is 2.39. The Morgan fingerprint density at radius 2 is 1.81 bits per heavy atom. The highest BCUT2D eigenvalue weighted by molar-refractivity contribution is 9.10. The lowest BCUT2D eigenvalue weighted by Gasteiger charge is -2.37. The van der Waals surface area contributed by atoms with Crippen molar-refractivity contribution in [1.82, 2.24) is 4.31 Å². The highest BCUT2D eigenvalue weighted by atomic mass is 79.9. The summed E-state index contributed by atoms with van der Waals surface area (Å²) in [5.74, 6) is 0. The van der Waals surface area contributed by atoms with Gasteiger partial charge in [0.25, 0.3) is 0 Å². The Bertz CT molecular complexity index is 610. The standard InChI is InChI=1S/C14H17Br2NO3S/c15-11-1-3-13(4-2-11)21(18,19)17-7-5-14(6-8-17)9-12(16)10-20-14/h1-4,12H,5-10H2. The molecule has 0 aliphatic carbocycles. The summed E-state index contributed by atoms with van der Waals surface area (Å²) in [5.41, 5.74) is -0.125. The summed E-state index contributed by atoms with van der Waals surface area (Å²) in [5, 5.41) is 0. The van der Waals surface area contributed by atoms with Crippen molar-refractivity contribution in [3.05, 3.63) is 28.7 Å². The van der Waals surface area contributed by atoms with Crippen molar-refractivity contribution in [2.75, 3.05) is 19.7 Å². The van der Waals surface area contributed by atoms with Gasteiger partial charge in [0.1, 0.15) is 0 Å². The van der Waals surface area contributed by atoms with E-state index in [9.17, 15) is 8.42 Å². The second-order valence-electron chi connectivity index (χ2n) is 5.65. The third-order valence-electron chi connectivity index (χ3n) is 4.25. The van der Waals surface area contributed by atoms with Crippen LogP contribution in [0.5, 0.6) is 0 Å². The molecule has 0 amide bonds. The number of benzene rings is 1. The van der Waals surface area contributed by atoms with E-state index in [4.69, 9.17) is 4.74 Å². The molecule has 3 rings (SSSR count). The maximum Gasteiger partial charge on any atom is 0.243 e. The van der Waals surface area contributed by atoms with Crippen LogP contribution in [0, 0.1) is 0 Å². The van der Waals surface area contributed by atoms with Crippen LogP contribution < -0.4 is 0 Å². The van der Waals surface area contributed by atoms with Crippen LogP contribution in [-0.2, 0) is 14.8 Å². The van der Waals surface area contributed by atoms with Gasteiger partial charge >= 0.3 is 0 Å². The van der Waals surface area contributed by atoms with Crippen molar-refractivity contribution in [2.24, 2.45) is 0 Å². The molecule has 116 valence electrons. The van der Waals surface area contributed by atoms with Crippen molar-refractivity contribution in [2.45, 2.75) is 34.6 Å². The second-order valence-corrected chi connectivity index (χ2v) is 9.80. The summed E-state index contributed by atoms with van der Waals surface area (Å²) in [6, 6.07) is 6.80. The van der Waals surface area contributed by atoms with Gasteiger partial charge in [0, 0.05) is 22.4 Å². The number of alkyl halides is 1. The summed E-state index contributed by atoms with van der Waals surface area (Å²) in [4.78, 5) is 0.750. The SMILES string of the molecule is O=S(=O)(c1ccc(Br)cc1)N1CCC2(CC1)CC(Br)CO2. The Balaban J connectivity index is 1.73. The fraction of sp³-hybridized carbons (Fsp3) is 0.571. The van der Waals surface area contributed by atoms with E-state index in [1.54, 1.807) is 28.6 Å². The van der Waals surface area contributed by atoms with Gasteiger partial charge in [-0.3, -0.25) is 0 Å². The van der Waals surface area contributed by atoms with E-state index in [0.29, 0.717) is 22.8 Å². The van der Waals surface area contributed by atoms with E-state index in [0.717, 1.165) is 30.3 Å². The van der Waals surface area contributed by atoms with Crippen molar-refractivity contribution < 1.29 is 13.2 Å². The van der Waals surface area contributed by atoms with Gasteiger partial charge in [-0.25, -0.2) is 8.42 Å². The predicted octanol–water partition coefficient (Wildman–Crippen LogP) is 3.16. The zero-order chi connectivity index (χ0) is 15.1. The molecule has 0 radical (unpaired) electrons. The lowest BCUT2D eigenvalue weighted by molar-refractivity contribution is -0.0308. The van der Waals surface area contributed by atoms with Crippen LogP contribution in [0.2, 0.25) is 0 Å². The van der Waals surface area contributed by atoms with Crippen molar-refractivity contribution in [3.63, 3.8) is 0 Å². The van der Waals surface area contributed by atoms with E-state index in [1.165, 1.54) is 0 Å². The molecule has 2 aliphatic rings. The average Bonchev–Trinajstić information content (AvgIpc) is 2.81. The third kappa shape index (κ3) is 3.22. The molecule has 1 spiro atoms. The maximum atomic E-state index is 12.6. The Kier molecular flexibility index (Phi) is 4.49. The summed E-state index contributed by atoms with van der Waals surface area (Å²) in [6.45, 7) is 1.77. The maximum absolute atomic E-state index is 12.6. The van der Waals surface area contributed by atoms with E-state index in [2.05, 4.69) is 31.9 Å². The molecule has 4 nitrogen and oxygen atoms in total. The van der Waals surface area contributed by atoms with Gasteiger partial charge < -0.3 is 4.74 Å². The molecule has 1 atom stereocenters. The van der Waals surface area contributed by atoms with Crippen molar-refractivity contribution in [1.29, 1.82) is 0 Å². The molecular weight excluding hydrogens is 422 g/mol. The minimum absolute atomic E-state index is 0.125. The molecule has 0 saturated carbocycles. The Morgan fingerprint density at radius 3 is 2.33 bits per heavy atom. The minimum atomic E-state index is -3.39. The van der Waals surface area contributed by atoms with Gasteiger partial charge in [0.2, 0.25) is 10.0 Å². The van der Waals surface area contributed by atoms with E-state index < -0.39 is 10.0 Å². The van der Waals surface area contributed by atoms with Gasteiger partial charge in [0.05, 0.1) is 17.1 Å². The molecule has 7 heteroatoms. The number of nitrogens with zero attached hydrogens (tertiary/aromatic N) is 1. The van der Waals surface area contributed by atoms with Crippen LogP contribution in [0.3, 0.4) is 0 Å². The number of sulfonamides is 1. The van der Waals surface area contributed by atoms with Crippen LogP contribution >= 0.6 is 31.9 Å². The Morgan fingerprint density at radius 1 is 1.19 bits per heavy atom. The fourth-order valence-corrected chi connectivity index (χ4v) is 5.45. The molecule has 2 heterocycles. The normalized spacial score (nSPS) is 26.3. The van der Waals surface area contributed by atoms with Crippen LogP contribution in [0.15, 0.2) is 33.6 Å². The molecule has 0 aromatic heterocycles. The zero-order valence-corrected chi connectivity index (χ0v) is 15.5. The number of hydrogen-bond acceptors (Lipinski definition) is 3. The molecule has 0 bridgehead atoms. The van der Waals surface area contributed by atoms with Crippen molar-refractivity contribution in [3.8, 4) is 0 Å². The lowest BCUT2D eigenvalue weighted by Crippen LogP contribution is -2.46. The van der Waals surface area contributed by atoms with E-state index in [-0.39, 0.29) is 5.60 Å². The highest BCUT2D eigenvalue weighted by Gasteiger charge is 2.44. The smallest absolute Gasteiger partial charge is 0.243 e. The molecule has 1 unspecified atom stereocenters. The zero-order valence-electron chi connectivity index (χ0n) is 11.5. The van der Waals surface area contributed by atoms with Crippen LogP contribution in [0.4, 0.5) is 0 Å². The van der Waals surface area contributed by atoms with Crippen LogP contribution in [0.1, 0.15) is 19.3 Å². The number of hydrogen-bond donors (Lipinski definition) is 0. The Hall–Kier alpha value is 0.0500. The van der Waals surface area contributed by atoms with Crippen molar-refractivity contribution >= 4 is 41.9 Å². The van der Waals surface area contributed by atoms with E-state index in [1.807, 2.05) is 0 Å². The molecule has 1 aromatic carbocycles. The number of ether oxygens (including phenoxy) is 1. The van der Waals surface area contributed by atoms with E-state index >= 15 is 0 Å². The van der Waals surface area contributed by atoms with Gasteiger partial charge in [-0.05, 0) is 43.5 Å². The second kappa shape index (κ2) is 5.92. The monoisotopic (exact) mass is 437 g/mol. The lowest BCUT2D eigenvalue weighted by atomic mass is 9.90. The van der Waals surface area contributed by atoms with Crippen LogP contribution in [-0.4, -0.2) is 42.8 Å². The van der Waals surface area contributed by atoms with Gasteiger partial charge in [-0.2, -0.15) is 4.31 Å². The van der Waals surface area contributed by atoms with Gasteiger partial charge in [-0.15, -0.1) is 0 Å². The molecule has 2 aliphatic heterocycles. The number of piperidine rings is 1. The predicted molar refractivity (Wildman–Crippen MR) is 88.1 cm³/mol. The first-order valence-electron chi connectivity index (χ1n) is 6.95. The summed E-state index contributed by atoms with van der Waals surface area (Å²) >= 11 is 6.91. The summed E-state index contributed by atoms with van der Waals surface area (Å²) in [6.07, 6.45) is 2.51. The van der Waals surface area contributed by atoms with Gasteiger partial charge in [0.15, 0.2) is 0 Å². The first-order valence-corrected chi connectivity index (χ1v) is 10.1. The van der Waals surface area contributed by atoms with Gasteiger partial charge in [-0.1, -0.05) is 31.9 Å². The average molecular weight is 439 g/mol. The first-order chi connectivity index (χ1) is 9.91. The summed E-state index contributed by atoms with van der Waals surface area (Å²) in [7, 11) is -3.39. The Labute approximate surface area is 142 Å². The third-order valence-corrected chi connectivity index (χ3v) is 7.28.